The number of halogens is 6. The van der Waals surface area contributed by atoms with Gasteiger partial charge in [-0.3, -0.25) is 14.2 Å². The fourth-order valence-electron chi connectivity index (χ4n) is 3.38. The van der Waals surface area contributed by atoms with Gasteiger partial charge < -0.3 is 15.2 Å². The lowest BCUT2D eigenvalue weighted by Gasteiger charge is -2.15. The normalized spacial score (nSPS) is 11.5. The molecule has 4 rings (SSSR count). The molecule has 0 spiro atoms. The average Bonchev–Trinajstić information content (AvgIpc) is 2.80. The molecule has 1 aromatic heterocycles. The number of hydrogen-bond acceptors (Lipinski definition) is 5. The van der Waals surface area contributed by atoms with Crippen molar-refractivity contribution in [3.05, 3.63) is 92.2 Å². The van der Waals surface area contributed by atoms with E-state index in [0.717, 1.165) is 41.2 Å². The Bertz CT molecular complexity index is 1530. The summed E-state index contributed by atoms with van der Waals surface area (Å²) in [6, 6.07) is 9.58. The van der Waals surface area contributed by atoms with Gasteiger partial charge in [-0.25, -0.2) is 9.37 Å². The van der Waals surface area contributed by atoms with Crippen LogP contribution in [0.1, 0.15) is 15.9 Å². The molecule has 0 bridgehead atoms. The minimum Gasteiger partial charge on any atom is -0.505 e. The first-order chi connectivity index (χ1) is 16.9. The molecule has 7 nitrogen and oxygen atoms in total. The molecule has 0 atom stereocenters. The van der Waals surface area contributed by atoms with Crippen LogP contribution in [0, 0.1) is 5.82 Å². The first kappa shape index (κ1) is 25.3. The lowest BCUT2D eigenvalue weighted by Crippen LogP contribution is -2.24. The molecule has 0 aliphatic carbocycles. The molecule has 0 saturated heterocycles. The molecule has 0 aliphatic heterocycles. The summed E-state index contributed by atoms with van der Waals surface area (Å²) in [4.78, 5) is 29.9. The van der Waals surface area contributed by atoms with Gasteiger partial charge in [0, 0.05) is 11.1 Å². The summed E-state index contributed by atoms with van der Waals surface area (Å²) in [6.45, 7) is -0.388. The number of benzene rings is 3. The fourth-order valence-corrected chi connectivity index (χ4v) is 3.87. The molecule has 0 unspecified atom stereocenters. The Kier molecular flexibility index (Phi) is 6.79. The van der Waals surface area contributed by atoms with Gasteiger partial charge in [0.15, 0.2) is 5.75 Å². The number of carbonyl (C=O) groups excluding carboxylic acids is 1. The van der Waals surface area contributed by atoms with Crippen LogP contribution in [0.3, 0.4) is 0 Å². The maximum atomic E-state index is 14.4. The maximum Gasteiger partial charge on any atom is 0.573 e. The molecule has 3 aromatic carbocycles. The molecule has 0 aliphatic rings. The van der Waals surface area contributed by atoms with Crippen molar-refractivity contribution in [2.75, 3.05) is 5.32 Å². The Labute approximate surface area is 209 Å². The van der Waals surface area contributed by atoms with Crippen molar-refractivity contribution < 1.29 is 32.2 Å². The van der Waals surface area contributed by atoms with Gasteiger partial charge in [0.1, 0.15) is 17.1 Å². The maximum absolute atomic E-state index is 14.4. The number of anilines is 1. The Morgan fingerprint density at radius 1 is 1.11 bits per heavy atom. The van der Waals surface area contributed by atoms with Crippen molar-refractivity contribution in [3.8, 4) is 11.5 Å². The van der Waals surface area contributed by atoms with Crippen molar-refractivity contribution in [1.29, 1.82) is 0 Å². The molecular formula is C23H13Cl2F4N3O4. The SMILES string of the molecule is O=C(Nc1ccc(F)c2ncn(Cc3ccccc3OC(F)(F)F)c(=O)c12)c1cc(Cl)c(O)c(Cl)c1. The van der Waals surface area contributed by atoms with E-state index >= 15 is 0 Å². The van der Waals surface area contributed by atoms with Crippen LogP contribution in [0.25, 0.3) is 10.9 Å². The summed E-state index contributed by atoms with van der Waals surface area (Å²) in [7, 11) is 0. The van der Waals surface area contributed by atoms with Crippen LogP contribution in [-0.2, 0) is 6.54 Å². The highest BCUT2D eigenvalue weighted by Gasteiger charge is 2.32. The zero-order chi connectivity index (χ0) is 26.2. The number of nitrogens with one attached hydrogen (secondary N) is 1. The first-order valence-corrected chi connectivity index (χ1v) is 10.7. The summed E-state index contributed by atoms with van der Waals surface area (Å²) >= 11 is 11.7. The van der Waals surface area contributed by atoms with Gasteiger partial charge in [-0.15, -0.1) is 13.2 Å². The van der Waals surface area contributed by atoms with Crippen molar-refractivity contribution in [2.24, 2.45) is 0 Å². The number of fused-ring (bicyclic) bond motifs is 1. The van der Waals surface area contributed by atoms with E-state index in [2.05, 4.69) is 15.0 Å². The van der Waals surface area contributed by atoms with Gasteiger partial charge in [-0.05, 0) is 30.3 Å². The molecule has 13 heteroatoms. The number of nitrogens with zero attached hydrogens (tertiary/aromatic N) is 2. The Balaban J connectivity index is 1.75. The van der Waals surface area contributed by atoms with Gasteiger partial charge in [-0.1, -0.05) is 41.4 Å². The molecular weight excluding hydrogens is 529 g/mol. The highest BCUT2D eigenvalue weighted by molar-refractivity contribution is 6.37. The number of ether oxygens (including phenoxy) is 1. The Hall–Kier alpha value is -3.83. The number of hydrogen-bond donors (Lipinski definition) is 2. The van der Waals surface area contributed by atoms with Crippen molar-refractivity contribution in [2.45, 2.75) is 12.9 Å². The third-order valence-corrected chi connectivity index (χ3v) is 5.57. The number of amides is 1. The fraction of sp³-hybridized carbons (Fsp3) is 0.0870. The van der Waals surface area contributed by atoms with Gasteiger partial charge in [0.25, 0.3) is 11.5 Å². The molecule has 0 radical (unpaired) electrons. The number of carbonyl (C=O) groups is 1. The molecule has 0 fully saturated rings. The second kappa shape index (κ2) is 9.67. The molecule has 4 aromatic rings. The Morgan fingerprint density at radius 2 is 1.78 bits per heavy atom. The van der Waals surface area contributed by atoms with Crippen LogP contribution in [0.15, 0.2) is 59.7 Å². The summed E-state index contributed by atoms with van der Waals surface area (Å²) in [5.41, 5.74) is -1.38. The first-order valence-electron chi connectivity index (χ1n) is 9.95. The van der Waals surface area contributed by atoms with E-state index in [1.807, 2.05) is 0 Å². The van der Waals surface area contributed by atoms with Crippen LogP contribution >= 0.6 is 23.2 Å². The lowest BCUT2D eigenvalue weighted by molar-refractivity contribution is -0.274. The van der Waals surface area contributed by atoms with E-state index in [-0.39, 0.29) is 44.3 Å². The van der Waals surface area contributed by atoms with Crippen molar-refractivity contribution in [1.82, 2.24) is 9.55 Å². The zero-order valence-corrected chi connectivity index (χ0v) is 19.2. The number of rotatable bonds is 5. The third-order valence-electron chi connectivity index (χ3n) is 5.00. The summed E-state index contributed by atoms with van der Waals surface area (Å²) in [6.07, 6.45) is -3.98. The minimum absolute atomic E-state index is 0.00782. The summed E-state index contributed by atoms with van der Waals surface area (Å²) in [5.74, 6) is -2.59. The monoisotopic (exact) mass is 541 g/mol. The van der Waals surface area contributed by atoms with Crippen LogP contribution < -0.4 is 15.6 Å². The number of aromatic hydroxyl groups is 1. The van der Waals surface area contributed by atoms with Gasteiger partial charge in [0.2, 0.25) is 0 Å². The number of alkyl halides is 3. The molecule has 2 N–H and O–H groups in total. The van der Waals surface area contributed by atoms with E-state index in [1.165, 1.54) is 18.2 Å². The zero-order valence-electron chi connectivity index (χ0n) is 17.7. The van der Waals surface area contributed by atoms with Crippen LogP contribution in [0.5, 0.6) is 11.5 Å². The van der Waals surface area contributed by atoms with Crippen molar-refractivity contribution >= 4 is 45.7 Å². The minimum atomic E-state index is -4.96. The molecule has 186 valence electrons. The van der Waals surface area contributed by atoms with Crippen LogP contribution in [-0.4, -0.2) is 26.9 Å². The second-order valence-electron chi connectivity index (χ2n) is 7.39. The average molecular weight is 542 g/mol. The van der Waals surface area contributed by atoms with Gasteiger partial charge >= 0.3 is 6.36 Å². The standard InChI is InChI=1S/C23H13Cl2F4N3O4/c24-13-7-12(8-14(25)20(13)33)21(34)31-16-6-5-15(26)19-18(16)22(35)32(10-30-19)9-11-3-1-2-4-17(11)36-23(27,28)29/h1-8,10,33H,9H2,(H,31,34). The second-order valence-corrected chi connectivity index (χ2v) is 8.21. The van der Waals surface area contributed by atoms with E-state index in [4.69, 9.17) is 23.2 Å². The smallest absolute Gasteiger partial charge is 0.505 e. The lowest BCUT2D eigenvalue weighted by atomic mass is 10.1. The largest absolute Gasteiger partial charge is 0.573 e. The van der Waals surface area contributed by atoms with E-state index in [1.54, 1.807) is 0 Å². The van der Waals surface area contributed by atoms with E-state index < -0.39 is 35.1 Å². The molecule has 36 heavy (non-hydrogen) atoms. The van der Waals surface area contributed by atoms with E-state index in [0.29, 0.717) is 0 Å². The predicted octanol–water partition coefficient (Wildman–Crippen LogP) is 5.75. The van der Waals surface area contributed by atoms with Crippen LogP contribution in [0.4, 0.5) is 23.2 Å². The number of para-hydroxylation sites is 1. The van der Waals surface area contributed by atoms with Gasteiger partial charge in [0.05, 0.1) is 34.0 Å². The van der Waals surface area contributed by atoms with E-state index in [9.17, 15) is 32.3 Å². The predicted molar refractivity (Wildman–Crippen MR) is 124 cm³/mol. The molecule has 0 saturated carbocycles. The summed E-state index contributed by atoms with van der Waals surface area (Å²) in [5, 5.41) is 11.4. The van der Waals surface area contributed by atoms with Crippen LogP contribution in [0.2, 0.25) is 10.0 Å². The van der Waals surface area contributed by atoms with Gasteiger partial charge in [-0.2, -0.15) is 0 Å². The Morgan fingerprint density at radius 3 is 2.44 bits per heavy atom. The molecule has 1 heterocycles. The third kappa shape index (κ3) is 5.21. The number of phenolic OH excluding ortho intramolecular Hbond substituents is 1. The quantitative estimate of drug-likeness (QED) is 0.314. The highest BCUT2D eigenvalue weighted by atomic mass is 35.5. The number of aromatic nitrogens is 2. The number of phenols is 1. The summed E-state index contributed by atoms with van der Waals surface area (Å²) < 4.78 is 57.7. The highest BCUT2D eigenvalue weighted by Crippen LogP contribution is 2.33. The topological polar surface area (TPSA) is 93.5 Å². The van der Waals surface area contributed by atoms with Crippen molar-refractivity contribution in [3.63, 3.8) is 0 Å². The molecule has 1 amide bonds.